The summed E-state index contributed by atoms with van der Waals surface area (Å²) in [6, 6.07) is 13.7. The standard InChI is InChI=1S/C27H30N4O4/c1-15(2)22(26(33)28-12-13-35-3)30-25(32)21-14-19-16-8-6-7-11-20(16)29-23(19)24-17-9-4-5-10-18(17)27(34)31(21)24/h4-11,15,21-22,24,29H,12-14H2,1-3H3,(H,28,33)(H,30,32)/t21-,22-,24+/m0/s1. The maximum Gasteiger partial charge on any atom is 0.255 e. The zero-order chi connectivity index (χ0) is 24.7. The first-order valence-corrected chi connectivity index (χ1v) is 12.0. The molecule has 8 heteroatoms. The van der Waals surface area contributed by atoms with E-state index in [9.17, 15) is 14.4 Å². The van der Waals surface area contributed by atoms with Crippen molar-refractivity contribution in [1.29, 1.82) is 0 Å². The van der Waals surface area contributed by atoms with Gasteiger partial charge in [-0.3, -0.25) is 14.4 Å². The first-order chi connectivity index (χ1) is 16.9. The van der Waals surface area contributed by atoms with Gasteiger partial charge < -0.3 is 25.3 Å². The Bertz CT molecular complexity index is 1300. The summed E-state index contributed by atoms with van der Waals surface area (Å²) in [6.07, 6.45) is 0.373. The van der Waals surface area contributed by atoms with E-state index in [4.69, 9.17) is 4.74 Å². The van der Waals surface area contributed by atoms with Gasteiger partial charge in [0.25, 0.3) is 5.91 Å². The molecule has 3 amide bonds. The average molecular weight is 475 g/mol. The van der Waals surface area contributed by atoms with E-state index in [1.807, 2.05) is 62.4 Å². The Balaban J connectivity index is 1.51. The molecule has 2 aliphatic heterocycles. The van der Waals surface area contributed by atoms with Crippen molar-refractivity contribution in [1.82, 2.24) is 20.5 Å². The van der Waals surface area contributed by atoms with E-state index in [2.05, 4.69) is 15.6 Å². The molecule has 0 bridgehead atoms. The number of amides is 3. The Labute approximate surface area is 204 Å². The van der Waals surface area contributed by atoms with Gasteiger partial charge in [0.05, 0.1) is 12.6 Å². The number of aromatic nitrogens is 1. The molecule has 182 valence electrons. The molecule has 0 radical (unpaired) electrons. The van der Waals surface area contributed by atoms with E-state index in [-0.39, 0.29) is 29.7 Å². The number of aromatic amines is 1. The van der Waals surface area contributed by atoms with Crippen molar-refractivity contribution >= 4 is 28.6 Å². The number of methoxy groups -OCH3 is 1. The number of nitrogens with zero attached hydrogens (tertiary/aromatic N) is 1. The maximum absolute atomic E-state index is 13.7. The molecule has 3 N–H and O–H groups in total. The van der Waals surface area contributed by atoms with Gasteiger partial charge in [0.2, 0.25) is 11.8 Å². The predicted molar refractivity (Wildman–Crippen MR) is 132 cm³/mol. The zero-order valence-electron chi connectivity index (χ0n) is 20.1. The van der Waals surface area contributed by atoms with Crippen molar-refractivity contribution in [3.05, 3.63) is 70.9 Å². The summed E-state index contributed by atoms with van der Waals surface area (Å²) in [5, 5.41) is 6.81. The van der Waals surface area contributed by atoms with Gasteiger partial charge in [0.15, 0.2) is 0 Å². The van der Waals surface area contributed by atoms with Crippen LogP contribution in [0, 0.1) is 5.92 Å². The highest BCUT2D eigenvalue weighted by molar-refractivity contribution is 6.04. The molecule has 3 aromatic rings. The number of H-pyrrole nitrogens is 1. The van der Waals surface area contributed by atoms with E-state index in [0.717, 1.165) is 27.7 Å². The average Bonchev–Trinajstić information content (AvgIpc) is 3.37. The molecule has 0 saturated carbocycles. The molecule has 0 fully saturated rings. The number of carbonyl (C=O) groups is 3. The first-order valence-electron chi connectivity index (χ1n) is 12.0. The summed E-state index contributed by atoms with van der Waals surface area (Å²) in [5.41, 5.74) is 4.47. The minimum absolute atomic E-state index is 0.129. The Hall–Kier alpha value is -3.65. The Morgan fingerprint density at radius 3 is 2.66 bits per heavy atom. The second-order valence-corrected chi connectivity index (χ2v) is 9.50. The topological polar surface area (TPSA) is 104 Å². The number of hydrogen-bond acceptors (Lipinski definition) is 4. The highest BCUT2D eigenvalue weighted by atomic mass is 16.5. The zero-order valence-corrected chi connectivity index (χ0v) is 20.1. The molecular weight excluding hydrogens is 444 g/mol. The number of carbonyl (C=O) groups excluding carboxylic acids is 3. The van der Waals surface area contributed by atoms with Crippen molar-refractivity contribution in [2.75, 3.05) is 20.3 Å². The van der Waals surface area contributed by atoms with Gasteiger partial charge in [-0.25, -0.2) is 0 Å². The third-order valence-corrected chi connectivity index (χ3v) is 7.01. The lowest BCUT2D eigenvalue weighted by atomic mass is 9.89. The molecule has 8 nitrogen and oxygen atoms in total. The fourth-order valence-electron chi connectivity index (χ4n) is 5.31. The van der Waals surface area contributed by atoms with Crippen LogP contribution in [0.5, 0.6) is 0 Å². The molecule has 35 heavy (non-hydrogen) atoms. The van der Waals surface area contributed by atoms with Crippen LogP contribution in [-0.4, -0.2) is 60.0 Å². The van der Waals surface area contributed by atoms with E-state index in [1.165, 1.54) is 0 Å². The summed E-state index contributed by atoms with van der Waals surface area (Å²) in [4.78, 5) is 45.3. The first kappa shape index (κ1) is 23.1. The number of para-hydroxylation sites is 1. The van der Waals surface area contributed by atoms with Crippen LogP contribution < -0.4 is 10.6 Å². The monoisotopic (exact) mass is 474 g/mol. The minimum atomic E-state index is -0.736. The van der Waals surface area contributed by atoms with Gasteiger partial charge in [-0.2, -0.15) is 0 Å². The molecule has 5 rings (SSSR count). The van der Waals surface area contributed by atoms with E-state index in [1.54, 1.807) is 12.0 Å². The molecule has 0 spiro atoms. The third kappa shape index (κ3) is 3.87. The largest absolute Gasteiger partial charge is 0.383 e. The summed E-state index contributed by atoms with van der Waals surface area (Å²) < 4.78 is 5.01. The highest BCUT2D eigenvalue weighted by Gasteiger charge is 2.49. The smallest absolute Gasteiger partial charge is 0.255 e. The lowest BCUT2D eigenvalue weighted by Crippen LogP contribution is -2.58. The van der Waals surface area contributed by atoms with Crippen LogP contribution in [-0.2, 0) is 20.7 Å². The van der Waals surface area contributed by atoms with E-state index >= 15 is 0 Å². The lowest BCUT2D eigenvalue weighted by molar-refractivity contribution is -0.133. The molecule has 0 unspecified atom stereocenters. The molecule has 2 aliphatic rings. The van der Waals surface area contributed by atoms with Crippen molar-refractivity contribution in [3.8, 4) is 0 Å². The van der Waals surface area contributed by atoms with Gasteiger partial charge >= 0.3 is 0 Å². The lowest BCUT2D eigenvalue weighted by Gasteiger charge is -2.38. The second kappa shape index (κ2) is 9.19. The van der Waals surface area contributed by atoms with Crippen LogP contribution in [0.15, 0.2) is 48.5 Å². The number of hydrogen-bond donors (Lipinski definition) is 3. The Morgan fingerprint density at radius 2 is 1.89 bits per heavy atom. The minimum Gasteiger partial charge on any atom is -0.383 e. The summed E-state index contributed by atoms with van der Waals surface area (Å²) >= 11 is 0. The van der Waals surface area contributed by atoms with Crippen LogP contribution >= 0.6 is 0 Å². The summed E-state index contributed by atoms with van der Waals surface area (Å²) in [5.74, 6) is -0.883. The molecule has 0 aliphatic carbocycles. The van der Waals surface area contributed by atoms with Crippen molar-refractivity contribution in [2.24, 2.45) is 5.92 Å². The molecule has 1 aromatic heterocycles. The van der Waals surface area contributed by atoms with Gasteiger partial charge in [-0.15, -0.1) is 0 Å². The Morgan fingerprint density at radius 1 is 1.14 bits per heavy atom. The second-order valence-electron chi connectivity index (χ2n) is 9.50. The highest BCUT2D eigenvalue weighted by Crippen LogP contribution is 2.46. The predicted octanol–water partition coefficient (Wildman–Crippen LogP) is 2.54. The summed E-state index contributed by atoms with van der Waals surface area (Å²) in [7, 11) is 1.57. The number of rotatable bonds is 7. The van der Waals surface area contributed by atoms with Crippen LogP contribution in [0.25, 0.3) is 10.9 Å². The van der Waals surface area contributed by atoms with E-state index in [0.29, 0.717) is 25.1 Å². The number of nitrogens with one attached hydrogen (secondary N) is 3. The van der Waals surface area contributed by atoms with Gasteiger partial charge in [-0.05, 0) is 29.2 Å². The SMILES string of the molecule is COCCNC(=O)[C@@H](NC(=O)[C@@H]1Cc2c([nH]c3ccccc23)[C@H]2c3ccccc3C(=O)N21)C(C)C. The third-order valence-electron chi connectivity index (χ3n) is 7.01. The molecule has 3 heterocycles. The van der Waals surface area contributed by atoms with Crippen molar-refractivity contribution in [2.45, 2.75) is 38.4 Å². The summed E-state index contributed by atoms with van der Waals surface area (Å²) in [6.45, 7) is 4.52. The van der Waals surface area contributed by atoms with Crippen LogP contribution in [0.1, 0.15) is 47.1 Å². The fourth-order valence-corrected chi connectivity index (χ4v) is 5.31. The molecule has 0 saturated heterocycles. The van der Waals surface area contributed by atoms with Crippen molar-refractivity contribution in [3.63, 3.8) is 0 Å². The van der Waals surface area contributed by atoms with Gasteiger partial charge in [0.1, 0.15) is 12.1 Å². The quantitative estimate of drug-likeness (QED) is 0.458. The van der Waals surface area contributed by atoms with Gasteiger partial charge in [0, 0.05) is 42.2 Å². The molecular formula is C27H30N4O4. The normalized spacial score (nSPS) is 19.3. The van der Waals surface area contributed by atoms with Crippen LogP contribution in [0.2, 0.25) is 0 Å². The van der Waals surface area contributed by atoms with Crippen LogP contribution in [0.3, 0.4) is 0 Å². The van der Waals surface area contributed by atoms with E-state index < -0.39 is 12.1 Å². The molecule has 3 atom stereocenters. The van der Waals surface area contributed by atoms with Crippen LogP contribution in [0.4, 0.5) is 0 Å². The van der Waals surface area contributed by atoms with Gasteiger partial charge in [-0.1, -0.05) is 50.2 Å². The maximum atomic E-state index is 13.7. The fraction of sp³-hybridized carbons (Fsp3) is 0.370. The number of benzene rings is 2. The number of fused-ring (bicyclic) bond motifs is 7. The number of ether oxygens (including phenoxy) is 1. The Kier molecular flexibility index (Phi) is 6.06. The molecule has 2 aromatic carbocycles. The van der Waals surface area contributed by atoms with Crippen molar-refractivity contribution < 1.29 is 19.1 Å².